The Bertz CT molecular complexity index is 158. The van der Waals surface area contributed by atoms with E-state index in [1.165, 1.54) is 0 Å². The van der Waals surface area contributed by atoms with Crippen LogP contribution in [0, 0.1) is 0 Å². The van der Waals surface area contributed by atoms with Crippen LogP contribution in [0.3, 0.4) is 0 Å². The largest absolute Gasteiger partial charge is 0.436 e. The van der Waals surface area contributed by atoms with Gasteiger partial charge in [-0.1, -0.05) is 0 Å². The second-order valence-electron chi connectivity index (χ2n) is 5.63. The Balaban J connectivity index is 4.19. The molecule has 1 radical (unpaired) electrons. The van der Waals surface area contributed by atoms with Crippen molar-refractivity contribution >= 4 is 25.9 Å². The van der Waals surface area contributed by atoms with Crippen molar-refractivity contribution < 1.29 is 13.3 Å². The van der Waals surface area contributed by atoms with Gasteiger partial charge in [-0.05, 0) is 51.7 Å². The van der Waals surface area contributed by atoms with Crippen molar-refractivity contribution in [2.45, 2.75) is 51.7 Å². The Kier molecular flexibility index (Phi) is 6.53. The minimum Gasteiger partial charge on any atom is -0.436 e. The number of hydrogen-bond acceptors (Lipinski definition) is 3. The van der Waals surface area contributed by atoms with Crippen molar-refractivity contribution in [1.82, 2.24) is 0 Å². The highest BCUT2D eigenvalue weighted by molar-refractivity contribution is 6.81. The number of aliphatic hydroxyl groups excluding tert-OH is 1. The second-order valence-corrected chi connectivity index (χ2v) is 17.0. The highest BCUT2D eigenvalue weighted by Crippen LogP contribution is 2.15. The zero-order chi connectivity index (χ0) is 12.1. The maximum atomic E-state index is 8.84. The molecule has 0 aromatic heterocycles. The molecule has 15 heavy (non-hydrogen) atoms. The minimum atomic E-state index is -1.51. The van der Waals surface area contributed by atoms with Gasteiger partial charge in [0.15, 0.2) is 16.6 Å². The lowest BCUT2D eigenvalue weighted by Gasteiger charge is -2.29. The van der Waals surface area contributed by atoms with Crippen LogP contribution in [0.1, 0.15) is 6.42 Å². The van der Waals surface area contributed by atoms with Crippen LogP contribution in [-0.2, 0) is 8.23 Å². The van der Waals surface area contributed by atoms with Gasteiger partial charge in [-0.25, -0.2) is 0 Å². The Morgan fingerprint density at radius 3 is 1.60 bits per heavy atom. The Labute approximate surface area is 97.9 Å². The molecule has 0 bridgehead atoms. The van der Waals surface area contributed by atoms with E-state index in [0.717, 1.165) is 12.5 Å². The molecule has 0 fully saturated rings. The molecule has 0 aromatic rings. The summed E-state index contributed by atoms with van der Waals surface area (Å²) in [6, 6.07) is 0.899. The first kappa shape index (κ1) is 15.5. The van der Waals surface area contributed by atoms with Gasteiger partial charge in [0.25, 0.3) is 0 Å². The molecule has 0 saturated heterocycles. The molecule has 3 nitrogen and oxygen atoms in total. The fourth-order valence-electron chi connectivity index (χ4n) is 1.03. The lowest BCUT2D eigenvalue weighted by atomic mass is 10.5. The average Bonchev–Trinajstić information content (AvgIpc) is 1.94. The van der Waals surface area contributed by atoms with Gasteiger partial charge >= 0.3 is 9.28 Å². The molecule has 91 valence electrons. The summed E-state index contributed by atoms with van der Waals surface area (Å²) in [5.41, 5.74) is 0. The summed E-state index contributed by atoms with van der Waals surface area (Å²) < 4.78 is 12.1. The maximum absolute atomic E-state index is 8.84. The van der Waals surface area contributed by atoms with Crippen LogP contribution in [0.2, 0.25) is 45.3 Å². The van der Waals surface area contributed by atoms with Crippen molar-refractivity contribution in [2.24, 2.45) is 0 Å². The summed E-state index contributed by atoms with van der Waals surface area (Å²) in [4.78, 5) is 0. The Morgan fingerprint density at radius 2 is 1.33 bits per heavy atom. The molecule has 0 saturated carbocycles. The third-order valence-electron chi connectivity index (χ3n) is 1.38. The maximum Gasteiger partial charge on any atom is 0.362 e. The summed E-state index contributed by atoms with van der Waals surface area (Å²) in [5.74, 6) is 0. The number of aliphatic hydroxyl groups is 1. The molecular weight excluding hydrogens is 240 g/mol. The molecule has 0 aliphatic rings. The van der Waals surface area contributed by atoms with E-state index < -0.39 is 25.9 Å². The van der Waals surface area contributed by atoms with E-state index in [0.29, 0.717) is 0 Å². The summed E-state index contributed by atoms with van der Waals surface area (Å²) in [6.07, 6.45) is 0.795. The fourth-order valence-corrected chi connectivity index (χ4v) is 8.30. The van der Waals surface area contributed by atoms with E-state index in [1.54, 1.807) is 0 Å². The number of rotatable bonds is 7. The van der Waals surface area contributed by atoms with Gasteiger partial charge in [0.1, 0.15) is 0 Å². The van der Waals surface area contributed by atoms with E-state index in [1.807, 2.05) is 0 Å². The molecule has 0 aliphatic carbocycles. The zero-order valence-electron chi connectivity index (χ0n) is 10.9. The van der Waals surface area contributed by atoms with Gasteiger partial charge in [0, 0.05) is 6.61 Å². The molecule has 0 atom stereocenters. The first-order chi connectivity index (χ1) is 6.64. The molecule has 0 spiro atoms. The molecule has 6 heteroatoms. The predicted molar refractivity (Wildman–Crippen MR) is 71.1 cm³/mol. The van der Waals surface area contributed by atoms with Crippen LogP contribution in [0.5, 0.6) is 0 Å². The molecule has 0 unspecified atom stereocenters. The quantitative estimate of drug-likeness (QED) is 0.719. The standard InChI is InChI=1S/C9H25O3Si3/c1-14(2,3)11-13(9-7-8-10)12-15(4,5)6/h10H,7-9H2,1-6H3. The average molecular weight is 266 g/mol. The fraction of sp³-hybridized carbons (Fsp3) is 1.00. The lowest BCUT2D eigenvalue weighted by Crippen LogP contribution is -2.43. The van der Waals surface area contributed by atoms with E-state index in [2.05, 4.69) is 39.3 Å². The van der Waals surface area contributed by atoms with Crippen molar-refractivity contribution in [3.8, 4) is 0 Å². The van der Waals surface area contributed by atoms with Crippen LogP contribution in [0.4, 0.5) is 0 Å². The van der Waals surface area contributed by atoms with E-state index >= 15 is 0 Å². The smallest absolute Gasteiger partial charge is 0.362 e. The van der Waals surface area contributed by atoms with Crippen molar-refractivity contribution in [3.63, 3.8) is 0 Å². The molecule has 1 N–H and O–H groups in total. The third-order valence-corrected chi connectivity index (χ3v) is 8.86. The van der Waals surface area contributed by atoms with Gasteiger partial charge in [-0.2, -0.15) is 0 Å². The predicted octanol–water partition coefficient (Wildman–Crippen LogP) is 2.56. The third kappa shape index (κ3) is 10.8. The highest BCUT2D eigenvalue weighted by atomic mass is 28.4. The van der Waals surface area contributed by atoms with Crippen LogP contribution >= 0.6 is 0 Å². The van der Waals surface area contributed by atoms with E-state index in [4.69, 9.17) is 13.3 Å². The molecule has 0 heterocycles. The van der Waals surface area contributed by atoms with Crippen molar-refractivity contribution in [1.29, 1.82) is 0 Å². The number of hydrogen-bond donors (Lipinski definition) is 1. The summed E-state index contributed by atoms with van der Waals surface area (Å²) in [5, 5.41) is 8.84. The highest BCUT2D eigenvalue weighted by Gasteiger charge is 2.29. The summed E-state index contributed by atoms with van der Waals surface area (Å²) in [7, 11) is -4.18. The first-order valence-electron chi connectivity index (χ1n) is 5.49. The SMILES string of the molecule is C[Si](C)(C)O[Si](CCCO)O[Si](C)(C)C. The topological polar surface area (TPSA) is 38.7 Å². The van der Waals surface area contributed by atoms with Gasteiger partial charge in [-0.3, -0.25) is 0 Å². The van der Waals surface area contributed by atoms with Crippen LogP contribution in [0.25, 0.3) is 0 Å². The molecule has 0 amide bonds. The van der Waals surface area contributed by atoms with Gasteiger partial charge in [0.2, 0.25) is 0 Å². The summed E-state index contributed by atoms with van der Waals surface area (Å²) >= 11 is 0. The Morgan fingerprint density at radius 1 is 0.933 bits per heavy atom. The van der Waals surface area contributed by atoms with Gasteiger partial charge < -0.3 is 13.3 Å². The second kappa shape index (κ2) is 6.31. The van der Waals surface area contributed by atoms with E-state index in [9.17, 15) is 0 Å². The van der Waals surface area contributed by atoms with Gasteiger partial charge in [-0.15, -0.1) is 0 Å². The van der Waals surface area contributed by atoms with Crippen LogP contribution < -0.4 is 0 Å². The minimum absolute atomic E-state index is 0.234. The zero-order valence-corrected chi connectivity index (χ0v) is 13.9. The molecular formula is C9H25O3Si3. The van der Waals surface area contributed by atoms with Crippen molar-refractivity contribution in [3.05, 3.63) is 0 Å². The monoisotopic (exact) mass is 265 g/mol. The van der Waals surface area contributed by atoms with Crippen LogP contribution in [-0.4, -0.2) is 37.6 Å². The molecule has 0 rings (SSSR count). The summed E-state index contributed by atoms with van der Waals surface area (Å²) in [6.45, 7) is 13.3. The molecule has 0 aliphatic heterocycles. The molecule has 0 aromatic carbocycles. The lowest BCUT2D eigenvalue weighted by molar-refractivity contribution is 0.289. The van der Waals surface area contributed by atoms with Gasteiger partial charge in [0.05, 0.1) is 0 Å². The van der Waals surface area contributed by atoms with E-state index in [-0.39, 0.29) is 6.61 Å². The van der Waals surface area contributed by atoms with Crippen LogP contribution in [0.15, 0.2) is 0 Å². The Hall–Kier alpha value is 0.531. The van der Waals surface area contributed by atoms with Crippen molar-refractivity contribution in [2.75, 3.05) is 6.61 Å². The first-order valence-corrected chi connectivity index (χ1v) is 13.8. The normalized spacial score (nSPS) is 13.6.